The van der Waals surface area contributed by atoms with Crippen LogP contribution < -0.4 is 5.73 Å². The fourth-order valence-corrected chi connectivity index (χ4v) is 1.71. The minimum Gasteiger partial charge on any atom is -0.382 e. The summed E-state index contributed by atoms with van der Waals surface area (Å²) in [5.41, 5.74) is 8.23. The first-order valence-corrected chi connectivity index (χ1v) is 5.14. The maximum absolute atomic E-state index is 5.80. The van der Waals surface area contributed by atoms with E-state index in [4.69, 9.17) is 5.73 Å². The molecule has 0 fully saturated rings. The Bertz CT molecular complexity index is 503. The van der Waals surface area contributed by atoms with Gasteiger partial charge >= 0.3 is 0 Å². The second-order valence-corrected chi connectivity index (χ2v) is 4.97. The van der Waals surface area contributed by atoms with E-state index in [-0.39, 0.29) is 5.41 Å². The van der Waals surface area contributed by atoms with Crippen LogP contribution in [0.2, 0.25) is 0 Å². The zero-order chi connectivity index (χ0) is 11.2. The summed E-state index contributed by atoms with van der Waals surface area (Å²) in [6, 6.07) is 4.16. The summed E-state index contributed by atoms with van der Waals surface area (Å²) < 4.78 is 2.05. The van der Waals surface area contributed by atoms with Gasteiger partial charge in [-0.15, -0.1) is 0 Å². The molecule has 3 nitrogen and oxygen atoms in total. The molecule has 0 aliphatic rings. The Kier molecular flexibility index (Phi) is 2.00. The highest BCUT2D eigenvalue weighted by atomic mass is 15.1. The van der Waals surface area contributed by atoms with Crippen LogP contribution in [0.4, 0.5) is 5.82 Å². The molecule has 2 aromatic rings. The van der Waals surface area contributed by atoms with Gasteiger partial charge in [0.1, 0.15) is 11.6 Å². The lowest BCUT2D eigenvalue weighted by molar-refractivity contribution is 0.586. The zero-order valence-electron chi connectivity index (χ0n) is 9.70. The Balaban J connectivity index is 2.71. The van der Waals surface area contributed by atoms with Crippen molar-refractivity contribution < 1.29 is 0 Å². The third-order valence-corrected chi connectivity index (χ3v) is 2.71. The van der Waals surface area contributed by atoms with E-state index in [2.05, 4.69) is 42.4 Å². The van der Waals surface area contributed by atoms with Gasteiger partial charge in [0.15, 0.2) is 0 Å². The highest BCUT2D eigenvalue weighted by Gasteiger charge is 2.15. The SMILES string of the molecule is Cc1nc(N)c2ccc(C(C)(C)C)cn12. The van der Waals surface area contributed by atoms with Crippen LogP contribution in [0, 0.1) is 6.92 Å². The van der Waals surface area contributed by atoms with Gasteiger partial charge in [-0.2, -0.15) is 0 Å². The number of rotatable bonds is 0. The van der Waals surface area contributed by atoms with Crippen molar-refractivity contribution in [2.75, 3.05) is 5.73 Å². The average Bonchev–Trinajstić information content (AvgIpc) is 2.41. The van der Waals surface area contributed by atoms with E-state index in [0.29, 0.717) is 5.82 Å². The lowest BCUT2D eigenvalue weighted by Crippen LogP contribution is -2.12. The third-order valence-electron chi connectivity index (χ3n) is 2.71. The molecule has 0 spiro atoms. The molecule has 2 rings (SSSR count). The number of nitrogens with two attached hydrogens (primary N) is 1. The summed E-state index contributed by atoms with van der Waals surface area (Å²) in [7, 11) is 0. The molecule has 15 heavy (non-hydrogen) atoms. The quantitative estimate of drug-likeness (QED) is 0.715. The highest BCUT2D eigenvalue weighted by molar-refractivity contribution is 5.66. The fourth-order valence-electron chi connectivity index (χ4n) is 1.71. The Morgan fingerprint density at radius 3 is 2.53 bits per heavy atom. The number of imidazole rings is 1. The van der Waals surface area contributed by atoms with Crippen molar-refractivity contribution in [3.8, 4) is 0 Å². The molecule has 0 bridgehead atoms. The summed E-state index contributed by atoms with van der Waals surface area (Å²) in [5.74, 6) is 1.54. The molecule has 0 saturated heterocycles. The third kappa shape index (κ3) is 1.58. The molecule has 2 N–H and O–H groups in total. The van der Waals surface area contributed by atoms with Crippen molar-refractivity contribution in [1.82, 2.24) is 9.38 Å². The maximum Gasteiger partial charge on any atom is 0.149 e. The van der Waals surface area contributed by atoms with Crippen LogP contribution in [0.1, 0.15) is 32.2 Å². The van der Waals surface area contributed by atoms with Gasteiger partial charge in [0.25, 0.3) is 0 Å². The van der Waals surface area contributed by atoms with Crippen LogP contribution in [-0.2, 0) is 5.41 Å². The van der Waals surface area contributed by atoms with E-state index >= 15 is 0 Å². The van der Waals surface area contributed by atoms with Crippen LogP contribution in [0.25, 0.3) is 5.52 Å². The van der Waals surface area contributed by atoms with E-state index in [9.17, 15) is 0 Å². The highest BCUT2D eigenvalue weighted by Crippen LogP contribution is 2.24. The molecule has 0 aliphatic heterocycles. The molecule has 3 heteroatoms. The summed E-state index contributed by atoms with van der Waals surface area (Å²) >= 11 is 0. The molecule has 80 valence electrons. The van der Waals surface area contributed by atoms with Gasteiger partial charge in [0.2, 0.25) is 0 Å². The van der Waals surface area contributed by atoms with E-state index in [1.165, 1.54) is 5.56 Å². The van der Waals surface area contributed by atoms with Crippen LogP contribution in [0.15, 0.2) is 18.3 Å². The second-order valence-electron chi connectivity index (χ2n) is 4.97. The number of nitrogens with zero attached hydrogens (tertiary/aromatic N) is 2. The molecule has 0 atom stereocenters. The Labute approximate surface area is 89.9 Å². The monoisotopic (exact) mass is 203 g/mol. The van der Waals surface area contributed by atoms with Gasteiger partial charge in [-0.05, 0) is 24.0 Å². The van der Waals surface area contributed by atoms with Gasteiger partial charge in [0.05, 0.1) is 5.52 Å². The molecule has 2 heterocycles. The van der Waals surface area contributed by atoms with Gasteiger partial charge in [-0.3, -0.25) is 0 Å². The lowest BCUT2D eigenvalue weighted by atomic mass is 9.88. The van der Waals surface area contributed by atoms with Gasteiger partial charge in [0, 0.05) is 6.20 Å². The number of fused-ring (bicyclic) bond motifs is 1. The second kappa shape index (κ2) is 2.99. The van der Waals surface area contributed by atoms with Gasteiger partial charge in [-0.1, -0.05) is 26.8 Å². The molecule has 0 aromatic carbocycles. The van der Waals surface area contributed by atoms with Crippen LogP contribution in [-0.4, -0.2) is 9.38 Å². The van der Waals surface area contributed by atoms with E-state index < -0.39 is 0 Å². The summed E-state index contributed by atoms with van der Waals surface area (Å²) in [5, 5.41) is 0. The summed E-state index contributed by atoms with van der Waals surface area (Å²) in [6.45, 7) is 8.56. The first kappa shape index (κ1) is 10.0. The van der Waals surface area contributed by atoms with Crippen molar-refractivity contribution in [3.05, 3.63) is 29.7 Å². The zero-order valence-corrected chi connectivity index (χ0v) is 9.70. The van der Waals surface area contributed by atoms with E-state index in [0.717, 1.165) is 11.3 Å². The number of hydrogen-bond acceptors (Lipinski definition) is 2. The summed E-state index contributed by atoms with van der Waals surface area (Å²) in [4.78, 5) is 4.25. The number of aryl methyl sites for hydroxylation is 1. The molecule has 2 aromatic heterocycles. The number of aromatic nitrogens is 2. The Hall–Kier alpha value is -1.51. The van der Waals surface area contributed by atoms with Gasteiger partial charge < -0.3 is 10.1 Å². The van der Waals surface area contributed by atoms with Gasteiger partial charge in [-0.25, -0.2) is 4.98 Å². The van der Waals surface area contributed by atoms with Crippen LogP contribution in [0.3, 0.4) is 0 Å². The average molecular weight is 203 g/mol. The largest absolute Gasteiger partial charge is 0.382 e. The normalized spacial score (nSPS) is 12.3. The molecule has 0 radical (unpaired) electrons. The fraction of sp³-hybridized carbons (Fsp3) is 0.417. The maximum atomic E-state index is 5.80. The topological polar surface area (TPSA) is 43.3 Å². The first-order chi connectivity index (χ1) is 6.89. The van der Waals surface area contributed by atoms with E-state index in [1.54, 1.807) is 0 Å². The number of hydrogen-bond donors (Lipinski definition) is 1. The molecular formula is C12H17N3. The number of nitrogen functional groups attached to an aromatic ring is 1. The predicted molar refractivity (Wildman–Crippen MR) is 63.0 cm³/mol. The Morgan fingerprint density at radius 2 is 1.93 bits per heavy atom. The smallest absolute Gasteiger partial charge is 0.149 e. The Morgan fingerprint density at radius 1 is 1.27 bits per heavy atom. The lowest BCUT2D eigenvalue weighted by Gasteiger charge is -2.19. The molecule has 0 unspecified atom stereocenters. The minimum atomic E-state index is 0.152. The first-order valence-electron chi connectivity index (χ1n) is 5.14. The van der Waals surface area contributed by atoms with Crippen molar-refractivity contribution in [1.29, 1.82) is 0 Å². The van der Waals surface area contributed by atoms with Crippen LogP contribution >= 0.6 is 0 Å². The van der Waals surface area contributed by atoms with Crippen molar-refractivity contribution in [2.45, 2.75) is 33.1 Å². The molecule has 0 saturated carbocycles. The van der Waals surface area contributed by atoms with Crippen molar-refractivity contribution in [3.63, 3.8) is 0 Å². The molecule has 0 aliphatic carbocycles. The van der Waals surface area contributed by atoms with Crippen molar-refractivity contribution in [2.24, 2.45) is 0 Å². The van der Waals surface area contributed by atoms with E-state index in [1.807, 2.05) is 13.0 Å². The van der Waals surface area contributed by atoms with Crippen molar-refractivity contribution >= 4 is 11.3 Å². The number of pyridine rings is 1. The minimum absolute atomic E-state index is 0.152. The molecular weight excluding hydrogens is 186 g/mol. The predicted octanol–water partition coefficient (Wildman–Crippen LogP) is 2.52. The molecule has 0 amide bonds. The summed E-state index contributed by atoms with van der Waals surface area (Å²) in [6.07, 6.45) is 2.12. The van der Waals surface area contributed by atoms with Crippen LogP contribution in [0.5, 0.6) is 0 Å². The standard InChI is InChI=1S/C12H17N3/c1-8-14-11(13)10-6-5-9(7-15(8)10)12(2,3)4/h5-7H,13H2,1-4H3. The number of anilines is 1.